The normalized spacial score (nSPS) is 11.6. The van der Waals surface area contributed by atoms with Gasteiger partial charge in [-0.2, -0.15) is 0 Å². The summed E-state index contributed by atoms with van der Waals surface area (Å²) < 4.78 is 5.24. The quantitative estimate of drug-likeness (QED) is 0.164. The van der Waals surface area contributed by atoms with Crippen LogP contribution in [0.15, 0.2) is 200 Å². The molecule has 2 heterocycles. The molecular formula is C52H33NS2. The minimum atomic E-state index is 1.12. The Morgan fingerprint density at radius 2 is 0.891 bits per heavy atom. The van der Waals surface area contributed by atoms with Crippen LogP contribution in [-0.4, -0.2) is 0 Å². The van der Waals surface area contributed by atoms with Crippen molar-refractivity contribution in [1.29, 1.82) is 0 Å². The third kappa shape index (κ3) is 5.51. The second kappa shape index (κ2) is 13.1. The van der Waals surface area contributed by atoms with E-state index in [4.69, 9.17) is 0 Å². The van der Waals surface area contributed by atoms with Crippen LogP contribution >= 0.6 is 22.7 Å². The molecule has 11 rings (SSSR count). The lowest BCUT2D eigenvalue weighted by Crippen LogP contribution is -2.10. The molecule has 0 aliphatic heterocycles. The van der Waals surface area contributed by atoms with E-state index >= 15 is 0 Å². The van der Waals surface area contributed by atoms with Gasteiger partial charge in [0.2, 0.25) is 0 Å². The number of fused-ring (bicyclic) bond motifs is 7. The van der Waals surface area contributed by atoms with Crippen LogP contribution in [0.5, 0.6) is 0 Å². The van der Waals surface area contributed by atoms with E-state index in [2.05, 4.69) is 205 Å². The summed E-state index contributed by atoms with van der Waals surface area (Å²) in [7, 11) is 0. The van der Waals surface area contributed by atoms with Crippen LogP contribution in [0.2, 0.25) is 0 Å². The molecule has 0 aliphatic rings. The first-order valence-corrected chi connectivity index (χ1v) is 20.3. The molecule has 0 saturated carbocycles. The highest BCUT2D eigenvalue weighted by molar-refractivity contribution is 7.26. The minimum Gasteiger partial charge on any atom is -0.309 e. The molecule has 1 nitrogen and oxygen atoms in total. The van der Waals surface area contributed by atoms with Gasteiger partial charge in [0.1, 0.15) is 0 Å². The molecule has 9 aromatic carbocycles. The van der Waals surface area contributed by atoms with E-state index in [-0.39, 0.29) is 0 Å². The molecule has 0 bridgehead atoms. The molecule has 0 aliphatic carbocycles. The van der Waals surface area contributed by atoms with Crippen molar-refractivity contribution in [1.82, 2.24) is 0 Å². The van der Waals surface area contributed by atoms with Gasteiger partial charge in [0.05, 0.1) is 10.4 Å². The number of benzene rings is 9. The highest BCUT2D eigenvalue weighted by Crippen LogP contribution is 2.46. The topological polar surface area (TPSA) is 3.24 Å². The SMILES string of the molecule is c1cc(-c2ccc(N(c3ccc(-c4cccc5sc6ccccc6c45)cc3)c3cccc4c3sc3ccccc34)cc2)cc(-c2ccc3ccccc3c2)c1. The molecule has 0 atom stereocenters. The molecule has 2 aromatic heterocycles. The van der Waals surface area contributed by atoms with Crippen molar-refractivity contribution in [2.45, 2.75) is 0 Å². The van der Waals surface area contributed by atoms with Crippen LogP contribution in [0, 0.1) is 0 Å². The lowest BCUT2D eigenvalue weighted by molar-refractivity contribution is 1.30. The number of nitrogens with zero attached hydrogens (tertiary/aromatic N) is 1. The predicted molar refractivity (Wildman–Crippen MR) is 241 cm³/mol. The first-order valence-electron chi connectivity index (χ1n) is 18.7. The largest absolute Gasteiger partial charge is 0.309 e. The maximum Gasteiger partial charge on any atom is 0.0640 e. The van der Waals surface area contributed by atoms with Crippen molar-refractivity contribution in [3.63, 3.8) is 0 Å². The molecule has 0 amide bonds. The third-order valence-electron chi connectivity index (χ3n) is 10.9. The smallest absolute Gasteiger partial charge is 0.0640 e. The molecule has 0 fully saturated rings. The zero-order valence-corrected chi connectivity index (χ0v) is 31.4. The summed E-state index contributed by atoms with van der Waals surface area (Å²) in [5, 5.41) is 7.77. The summed E-state index contributed by atoms with van der Waals surface area (Å²) in [6.07, 6.45) is 0. The van der Waals surface area contributed by atoms with Crippen molar-refractivity contribution >= 4 is 90.9 Å². The van der Waals surface area contributed by atoms with Gasteiger partial charge >= 0.3 is 0 Å². The van der Waals surface area contributed by atoms with Gasteiger partial charge in [0, 0.05) is 47.0 Å². The maximum atomic E-state index is 2.43. The van der Waals surface area contributed by atoms with Crippen LogP contribution in [0.3, 0.4) is 0 Å². The van der Waals surface area contributed by atoms with Crippen molar-refractivity contribution in [3.05, 3.63) is 200 Å². The Morgan fingerprint density at radius 1 is 0.327 bits per heavy atom. The van der Waals surface area contributed by atoms with Crippen LogP contribution in [0.4, 0.5) is 17.1 Å². The molecular weight excluding hydrogens is 703 g/mol. The zero-order valence-electron chi connectivity index (χ0n) is 29.8. The van der Waals surface area contributed by atoms with Crippen LogP contribution < -0.4 is 4.90 Å². The maximum absolute atomic E-state index is 2.43. The molecule has 0 spiro atoms. The Balaban J connectivity index is 1.01. The van der Waals surface area contributed by atoms with Crippen molar-refractivity contribution in [3.8, 4) is 33.4 Å². The fourth-order valence-electron chi connectivity index (χ4n) is 8.19. The summed E-state index contributed by atoms with van der Waals surface area (Å²) in [5.41, 5.74) is 10.8. The van der Waals surface area contributed by atoms with Crippen molar-refractivity contribution in [2.75, 3.05) is 4.90 Å². The summed E-state index contributed by atoms with van der Waals surface area (Å²) in [4.78, 5) is 2.43. The van der Waals surface area contributed by atoms with Gasteiger partial charge in [0.25, 0.3) is 0 Å². The van der Waals surface area contributed by atoms with E-state index in [0.29, 0.717) is 0 Å². The summed E-state index contributed by atoms with van der Waals surface area (Å²) >= 11 is 3.74. The van der Waals surface area contributed by atoms with Crippen molar-refractivity contribution < 1.29 is 0 Å². The first-order chi connectivity index (χ1) is 27.2. The minimum absolute atomic E-state index is 1.12. The van der Waals surface area contributed by atoms with Gasteiger partial charge in [-0.1, -0.05) is 140 Å². The Labute approximate surface area is 327 Å². The summed E-state index contributed by atoms with van der Waals surface area (Å²) in [6.45, 7) is 0. The van der Waals surface area contributed by atoms with E-state index < -0.39 is 0 Å². The molecule has 0 radical (unpaired) electrons. The summed E-state index contributed by atoms with van der Waals surface area (Å²) in [6, 6.07) is 73.4. The second-order valence-electron chi connectivity index (χ2n) is 14.1. The van der Waals surface area contributed by atoms with E-state index in [9.17, 15) is 0 Å². The van der Waals surface area contributed by atoms with Crippen LogP contribution in [-0.2, 0) is 0 Å². The fraction of sp³-hybridized carbons (Fsp3) is 0. The number of hydrogen-bond donors (Lipinski definition) is 0. The van der Waals surface area contributed by atoms with Crippen LogP contribution in [0.1, 0.15) is 0 Å². The first kappa shape index (κ1) is 32.0. The number of anilines is 3. The average Bonchev–Trinajstić information content (AvgIpc) is 3.83. The van der Waals surface area contributed by atoms with Gasteiger partial charge in [-0.3, -0.25) is 0 Å². The molecule has 55 heavy (non-hydrogen) atoms. The number of thiophene rings is 2. The number of hydrogen-bond acceptors (Lipinski definition) is 3. The van der Waals surface area contributed by atoms with Gasteiger partial charge < -0.3 is 4.90 Å². The fourth-order valence-corrected chi connectivity index (χ4v) is 10.5. The van der Waals surface area contributed by atoms with Gasteiger partial charge in [0.15, 0.2) is 0 Å². The zero-order chi connectivity index (χ0) is 36.3. The van der Waals surface area contributed by atoms with Crippen LogP contribution in [0.25, 0.3) is 84.5 Å². The highest BCUT2D eigenvalue weighted by Gasteiger charge is 2.19. The molecule has 0 unspecified atom stereocenters. The molecule has 3 heteroatoms. The van der Waals surface area contributed by atoms with Gasteiger partial charge in [-0.25, -0.2) is 0 Å². The molecule has 0 saturated heterocycles. The Hall–Kier alpha value is -6.52. The average molecular weight is 736 g/mol. The summed E-state index contributed by atoms with van der Waals surface area (Å²) in [5.74, 6) is 0. The molecule has 11 aromatic rings. The van der Waals surface area contributed by atoms with E-state index in [1.165, 1.54) is 90.2 Å². The molecule has 0 N–H and O–H groups in total. The Morgan fingerprint density at radius 3 is 1.69 bits per heavy atom. The second-order valence-corrected chi connectivity index (χ2v) is 16.2. The lowest BCUT2D eigenvalue weighted by atomic mass is 9.97. The van der Waals surface area contributed by atoms with E-state index in [1.807, 2.05) is 22.7 Å². The standard InChI is InChI=1S/C52H33NS2/c1-2-11-37-33-40(23-22-34(37)10-1)39-13-7-12-38(32-39)35-24-28-41(29-25-35)53(47-18-8-17-45-44-14-3-5-19-48(44)55-52(45)47)42-30-26-36(27-31-42)43-16-9-21-50-51(43)46-15-4-6-20-49(46)54-50/h1-33H. The van der Waals surface area contributed by atoms with E-state index in [0.717, 1.165) is 11.4 Å². The number of rotatable bonds is 6. The van der Waals surface area contributed by atoms with Gasteiger partial charge in [-0.05, 0) is 105 Å². The van der Waals surface area contributed by atoms with E-state index in [1.54, 1.807) is 0 Å². The van der Waals surface area contributed by atoms with Gasteiger partial charge in [-0.15, -0.1) is 22.7 Å². The molecule has 258 valence electrons. The Kier molecular flexibility index (Phi) is 7.61. The highest BCUT2D eigenvalue weighted by atomic mass is 32.1. The monoisotopic (exact) mass is 735 g/mol. The predicted octanol–water partition coefficient (Wildman–Crippen LogP) is 16.0. The lowest BCUT2D eigenvalue weighted by Gasteiger charge is -2.26. The van der Waals surface area contributed by atoms with Crippen molar-refractivity contribution in [2.24, 2.45) is 0 Å². The third-order valence-corrected chi connectivity index (χ3v) is 13.2. The Bertz CT molecular complexity index is 3200.